The Hall–Kier alpha value is -1.26. The molecule has 13 heavy (non-hydrogen) atoms. The van der Waals surface area contributed by atoms with Gasteiger partial charge in [-0.15, -0.1) is 0 Å². The molecule has 0 atom stereocenters. The van der Waals surface area contributed by atoms with Crippen LogP contribution in [0.25, 0.3) is 0 Å². The van der Waals surface area contributed by atoms with Gasteiger partial charge in [-0.1, -0.05) is 0 Å². The quantitative estimate of drug-likeness (QED) is 0.609. The summed E-state index contributed by atoms with van der Waals surface area (Å²) >= 11 is 0. The largest absolute Gasteiger partial charge is 0.469 e. The summed E-state index contributed by atoms with van der Waals surface area (Å²) in [6, 6.07) is 0. The predicted octanol–water partition coefficient (Wildman–Crippen LogP) is 0.638. The van der Waals surface area contributed by atoms with Crippen LogP contribution in [0.2, 0.25) is 0 Å². The van der Waals surface area contributed by atoms with Crippen LogP contribution < -0.4 is 0 Å². The van der Waals surface area contributed by atoms with E-state index in [0.717, 1.165) is 0 Å². The zero-order chi connectivity index (χ0) is 10.3. The van der Waals surface area contributed by atoms with Crippen molar-refractivity contribution in [2.24, 2.45) is 0 Å². The van der Waals surface area contributed by atoms with Gasteiger partial charge in [-0.25, -0.2) is 4.79 Å². The number of esters is 1. The smallest absolute Gasteiger partial charge is 0.409 e. The fourth-order valence-electron chi connectivity index (χ4n) is 0.686. The molecular formula is C8H15NO4. The predicted molar refractivity (Wildman–Crippen MR) is 46.3 cm³/mol. The zero-order valence-electron chi connectivity index (χ0n) is 8.20. The minimum Gasteiger partial charge on any atom is -0.469 e. The van der Waals surface area contributed by atoms with Gasteiger partial charge in [-0.3, -0.25) is 4.79 Å². The van der Waals surface area contributed by atoms with E-state index in [1.54, 1.807) is 14.0 Å². The Kier molecular flexibility index (Phi) is 5.67. The second-order valence-electron chi connectivity index (χ2n) is 2.45. The van der Waals surface area contributed by atoms with Gasteiger partial charge < -0.3 is 14.4 Å². The van der Waals surface area contributed by atoms with Crippen LogP contribution in [0.15, 0.2) is 0 Å². The molecule has 0 saturated heterocycles. The van der Waals surface area contributed by atoms with Crippen molar-refractivity contribution in [3.05, 3.63) is 0 Å². The number of nitrogens with zero attached hydrogens (tertiary/aromatic N) is 1. The number of ether oxygens (including phenoxy) is 2. The van der Waals surface area contributed by atoms with Crippen molar-refractivity contribution in [1.29, 1.82) is 0 Å². The molecule has 0 aliphatic carbocycles. The molecule has 0 N–H and O–H groups in total. The summed E-state index contributed by atoms with van der Waals surface area (Å²) in [7, 11) is 2.88. The summed E-state index contributed by atoms with van der Waals surface area (Å²) in [6.45, 7) is 2.37. The first-order chi connectivity index (χ1) is 6.11. The summed E-state index contributed by atoms with van der Waals surface area (Å²) in [5, 5.41) is 0. The highest BCUT2D eigenvalue weighted by Gasteiger charge is 2.10. The van der Waals surface area contributed by atoms with Gasteiger partial charge in [0.25, 0.3) is 0 Å². The molecule has 0 rings (SSSR count). The van der Waals surface area contributed by atoms with E-state index in [1.807, 2.05) is 0 Å². The second kappa shape index (κ2) is 6.28. The average Bonchev–Trinajstić information content (AvgIpc) is 2.13. The van der Waals surface area contributed by atoms with E-state index in [-0.39, 0.29) is 12.4 Å². The molecule has 0 radical (unpaired) electrons. The number of hydrogen-bond donors (Lipinski definition) is 0. The lowest BCUT2D eigenvalue weighted by molar-refractivity contribution is -0.140. The van der Waals surface area contributed by atoms with Gasteiger partial charge in [0.1, 0.15) is 0 Å². The fraction of sp³-hybridized carbons (Fsp3) is 0.750. The van der Waals surface area contributed by atoms with E-state index < -0.39 is 6.09 Å². The van der Waals surface area contributed by atoms with E-state index in [0.29, 0.717) is 13.2 Å². The number of methoxy groups -OCH3 is 1. The molecular weight excluding hydrogens is 174 g/mol. The molecule has 0 saturated carbocycles. The highest BCUT2D eigenvalue weighted by Crippen LogP contribution is 1.93. The molecule has 0 aliphatic rings. The lowest BCUT2D eigenvalue weighted by Gasteiger charge is -2.15. The van der Waals surface area contributed by atoms with Crippen LogP contribution in [-0.4, -0.2) is 44.3 Å². The molecule has 0 aliphatic heterocycles. The first kappa shape index (κ1) is 11.7. The highest BCUT2D eigenvalue weighted by atomic mass is 16.6. The molecule has 5 heteroatoms. The van der Waals surface area contributed by atoms with E-state index in [1.165, 1.54) is 12.0 Å². The van der Waals surface area contributed by atoms with Crippen molar-refractivity contribution < 1.29 is 19.1 Å². The molecule has 0 aromatic rings. The van der Waals surface area contributed by atoms with Gasteiger partial charge in [0.2, 0.25) is 0 Å². The summed E-state index contributed by atoms with van der Waals surface area (Å²) in [5.74, 6) is -0.337. The second-order valence-corrected chi connectivity index (χ2v) is 2.45. The van der Waals surface area contributed by atoms with Crippen LogP contribution >= 0.6 is 0 Å². The Balaban J connectivity index is 3.67. The number of amides is 1. The summed E-state index contributed by atoms with van der Waals surface area (Å²) < 4.78 is 9.13. The average molecular weight is 189 g/mol. The fourth-order valence-corrected chi connectivity index (χ4v) is 0.686. The Bertz CT molecular complexity index is 181. The molecule has 0 spiro atoms. The third-order valence-corrected chi connectivity index (χ3v) is 1.46. The van der Waals surface area contributed by atoms with E-state index in [4.69, 9.17) is 4.74 Å². The minimum absolute atomic E-state index is 0.186. The normalized spacial score (nSPS) is 9.15. The van der Waals surface area contributed by atoms with E-state index in [9.17, 15) is 9.59 Å². The molecule has 0 aromatic heterocycles. The lowest BCUT2D eigenvalue weighted by Crippen LogP contribution is -2.29. The van der Waals surface area contributed by atoms with Crippen molar-refractivity contribution in [2.75, 3.05) is 27.3 Å². The zero-order valence-corrected chi connectivity index (χ0v) is 8.20. The van der Waals surface area contributed by atoms with Gasteiger partial charge in [-0.05, 0) is 6.92 Å². The third kappa shape index (κ3) is 5.05. The molecule has 0 bridgehead atoms. The van der Waals surface area contributed by atoms with Crippen molar-refractivity contribution in [3.63, 3.8) is 0 Å². The Morgan fingerprint density at radius 2 is 2.00 bits per heavy atom. The van der Waals surface area contributed by atoms with Gasteiger partial charge in [-0.2, -0.15) is 0 Å². The van der Waals surface area contributed by atoms with Crippen molar-refractivity contribution in [2.45, 2.75) is 13.3 Å². The monoisotopic (exact) mass is 189 g/mol. The minimum atomic E-state index is -0.425. The van der Waals surface area contributed by atoms with Gasteiger partial charge >= 0.3 is 12.1 Å². The van der Waals surface area contributed by atoms with Gasteiger partial charge in [0.05, 0.1) is 20.1 Å². The van der Waals surface area contributed by atoms with E-state index >= 15 is 0 Å². The number of carbonyl (C=O) groups excluding carboxylic acids is 2. The third-order valence-electron chi connectivity index (χ3n) is 1.46. The summed E-state index contributed by atoms with van der Waals surface area (Å²) in [6.07, 6.45) is -0.238. The molecule has 1 amide bonds. The first-order valence-corrected chi connectivity index (χ1v) is 4.06. The molecule has 0 unspecified atom stereocenters. The van der Waals surface area contributed by atoms with Crippen LogP contribution in [0.3, 0.4) is 0 Å². The maximum absolute atomic E-state index is 11.0. The molecule has 0 fully saturated rings. The van der Waals surface area contributed by atoms with E-state index in [2.05, 4.69) is 4.74 Å². The topological polar surface area (TPSA) is 55.8 Å². The maximum atomic E-state index is 11.0. The molecule has 0 heterocycles. The summed E-state index contributed by atoms with van der Waals surface area (Å²) in [5.41, 5.74) is 0. The highest BCUT2D eigenvalue weighted by molar-refractivity contribution is 5.71. The van der Waals surface area contributed by atoms with Crippen LogP contribution in [0, 0.1) is 0 Å². The first-order valence-electron chi connectivity index (χ1n) is 4.06. The molecule has 0 aromatic carbocycles. The molecule has 76 valence electrons. The van der Waals surface area contributed by atoms with Gasteiger partial charge in [0.15, 0.2) is 0 Å². The van der Waals surface area contributed by atoms with Crippen molar-refractivity contribution in [3.8, 4) is 0 Å². The lowest BCUT2D eigenvalue weighted by atomic mass is 10.4. The standard InChI is InChI=1S/C8H15NO4/c1-4-13-8(11)9(2)6-5-7(10)12-3/h4-6H2,1-3H3. The number of hydrogen-bond acceptors (Lipinski definition) is 4. The number of carbonyl (C=O) groups is 2. The Morgan fingerprint density at radius 1 is 1.38 bits per heavy atom. The molecule has 5 nitrogen and oxygen atoms in total. The van der Waals surface area contributed by atoms with Crippen molar-refractivity contribution in [1.82, 2.24) is 4.90 Å². The SMILES string of the molecule is CCOC(=O)N(C)CCC(=O)OC. The van der Waals surface area contributed by atoms with Crippen LogP contribution in [0.1, 0.15) is 13.3 Å². The number of rotatable bonds is 4. The van der Waals surface area contributed by atoms with Crippen LogP contribution in [0.4, 0.5) is 4.79 Å². The summed E-state index contributed by atoms with van der Waals surface area (Å²) in [4.78, 5) is 23.0. The maximum Gasteiger partial charge on any atom is 0.409 e. The Morgan fingerprint density at radius 3 is 2.46 bits per heavy atom. The van der Waals surface area contributed by atoms with Crippen molar-refractivity contribution >= 4 is 12.1 Å². The Labute approximate surface area is 77.6 Å². The van der Waals surface area contributed by atoms with Crippen LogP contribution in [0.5, 0.6) is 0 Å². The van der Waals surface area contributed by atoms with Crippen LogP contribution in [-0.2, 0) is 14.3 Å². The van der Waals surface area contributed by atoms with Gasteiger partial charge in [0, 0.05) is 13.6 Å².